The summed E-state index contributed by atoms with van der Waals surface area (Å²) in [5, 5.41) is 17.7. The minimum atomic E-state index is -0.824. The predicted molar refractivity (Wildman–Crippen MR) is 225 cm³/mol. The summed E-state index contributed by atoms with van der Waals surface area (Å²) in [7, 11) is 0. The lowest BCUT2D eigenvalue weighted by Gasteiger charge is -2.60. The second-order valence-corrected chi connectivity index (χ2v) is 20.6. The maximum Gasteiger partial charge on any atom is 0.201 e. The second kappa shape index (κ2) is 15.4. The van der Waals surface area contributed by atoms with Crippen LogP contribution in [0.25, 0.3) is 22.5 Å². The first-order valence-electron chi connectivity index (χ1n) is 23.6. The molecule has 0 N–H and O–H groups in total. The standard InChI is InChI=1S/C48H60N6O10/c1-27-7-17-39-29(3)41(57-43-47(39)37(27)19-21-45(5,59-43)61-63-47)55-25-33-23-53(51-49-33)35-13-9-31(10-14-35)32-11-15-36(16-12-32)54-24-34(50-52-54)26-56-42-30(4)40-18-8-28(2)38-20-22-46(6)60-44(58-42)48(38,40)64-62-46/h9-16,23-24,27-30,37-44H,7-8,17-22,25-26H2,1-6H3/t27-,28-,29-,30-,37+,38+,39+,40+,41-,42-,43-,44-,45-,46-,47-,48-/m1/s1. The summed E-state index contributed by atoms with van der Waals surface area (Å²) in [6.07, 6.45) is 9.62. The average molecular weight is 881 g/mol. The quantitative estimate of drug-likeness (QED) is 0.149. The van der Waals surface area contributed by atoms with E-state index in [1.165, 1.54) is 0 Å². The van der Waals surface area contributed by atoms with Gasteiger partial charge in [0.05, 0.1) is 37.0 Å². The Morgan fingerprint density at radius 3 is 1.39 bits per heavy atom. The Balaban J connectivity index is 0.663. The second-order valence-electron chi connectivity index (χ2n) is 20.6. The van der Waals surface area contributed by atoms with E-state index in [2.05, 4.69) is 72.6 Å². The molecule has 2 aromatic heterocycles. The van der Waals surface area contributed by atoms with Crippen molar-refractivity contribution < 1.29 is 48.0 Å². The Hall–Kier alpha value is -3.68. The molecule has 10 heterocycles. The third-order valence-corrected chi connectivity index (χ3v) is 16.7. The van der Waals surface area contributed by atoms with Crippen LogP contribution in [0.5, 0.6) is 0 Å². The minimum absolute atomic E-state index is 0.0817. The summed E-state index contributed by atoms with van der Waals surface area (Å²) in [5.74, 6) is 0.533. The van der Waals surface area contributed by atoms with E-state index in [1.807, 2.05) is 50.5 Å². The van der Waals surface area contributed by atoms with Crippen LogP contribution in [0.1, 0.15) is 104 Å². The lowest BCUT2D eigenvalue weighted by Crippen LogP contribution is -2.70. The van der Waals surface area contributed by atoms with Gasteiger partial charge in [0.2, 0.25) is 11.6 Å². The number of benzene rings is 2. The summed E-state index contributed by atoms with van der Waals surface area (Å²) < 4.78 is 42.6. The molecule has 0 amide bonds. The van der Waals surface area contributed by atoms with Gasteiger partial charge in [0.25, 0.3) is 0 Å². The molecule has 342 valence electrons. The van der Waals surface area contributed by atoms with Crippen LogP contribution in [-0.2, 0) is 61.2 Å². The highest BCUT2D eigenvalue weighted by molar-refractivity contribution is 5.65. The Bertz CT molecular complexity index is 2180. The number of hydrogen-bond acceptors (Lipinski definition) is 14. The van der Waals surface area contributed by atoms with Crippen LogP contribution in [0.4, 0.5) is 0 Å². The van der Waals surface area contributed by atoms with Crippen molar-refractivity contribution in [3.63, 3.8) is 0 Å². The summed E-state index contributed by atoms with van der Waals surface area (Å²) in [4.78, 5) is 24.5. The minimum Gasteiger partial charge on any atom is -0.346 e. The maximum atomic E-state index is 6.60. The lowest BCUT2D eigenvalue weighted by atomic mass is 9.58. The number of rotatable bonds is 9. The van der Waals surface area contributed by atoms with Gasteiger partial charge in [-0.3, -0.25) is 0 Å². The van der Waals surface area contributed by atoms with Crippen molar-refractivity contribution in [2.24, 2.45) is 47.3 Å². The van der Waals surface area contributed by atoms with E-state index < -0.39 is 47.9 Å². The number of hydrogen-bond donors (Lipinski definition) is 0. The van der Waals surface area contributed by atoms with Crippen molar-refractivity contribution in [2.45, 2.75) is 154 Å². The van der Waals surface area contributed by atoms with Crippen molar-refractivity contribution >= 4 is 0 Å². The molecule has 4 aromatic rings. The molecule has 16 nitrogen and oxygen atoms in total. The lowest BCUT2D eigenvalue weighted by molar-refractivity contribution is -0.577. The normalized spacial score (nSPS) is 43.3. The monoisotopic (exact) mass is 880 g/mol. The van der Waals surface area contributed by atoms with E-state index >= 15 is 0 Å². The molecule has 2 spiro atoms. The molecule has 2 aromatic carbocycles. The molecule has 64 heavy (non-hydrogen) atoms. The predicted octanol–water partition coefficient (Wildman–Crippen LogP) is 7.96. The number of fused-ring (bicyclic) bond motifs is 4. The van der Waals surface area contributed by atoms with Gasteiger partial charge in [-0.1, -0.05) is 62.4 Å². The van der Waals surface area contributed by atoms with Crippen molar-refractivity contribution in [1.29, 1.82) is 0 Å². The summed E-state index contributed by atoms with van der Waals surface area (Å²) in [6.45, 7) is 13.4. The van der Waals surface area contributed by atoms with E-state index in [1.54, 1.807) is 9.36 Å². The van der Waals surface area contributed by atoms with Crippen LogP contribution in [0.2, 0.25) is 0 Å². The summed E-state index contributed by atoms with van der Waals surface area (Å²) >= 11 is 0. The van der Waals surface area contributed by atoms with E-state index in [4.69, 9.17) is 48.0 Å². The topological polar surface area (TPSA) is 154 Å². The highest BCUT2D eigenvalue weighted by Gasteiger charge is 2.71. The highest BCUT2D eigenvalue weighted by atomic mass is 17.3. The third-order valence-electron chi connectivity index (χ3n) is 16.7. The van der Waals surface area contributed by atoms with Gasteiger partial charge in [-0.15, -0.1) is 10.2 Å². The molecule has 4 bridgehead atoms. The van der Waals surface area contributed by atoms with Crippen LogP contribution < -0.4 is 0 Å². The molecule has 16 heteroatoms. The molecule has 8 saturated heterocycles. The van der Waals surface area contributed by atoms with Crippen LogP contribution in [-0.4, -0.2) is 77.9 Å². The van der Waals surface area contributed by atoms with Gasteiger partial charge in [-0.05, 0) is 111 Å². The van der Waals surface area contributed by atoms with Gasteiger partial charge in [-0.25, -0.2) is 28.9 Å². The van der Waals surface area contributed by atoms with Crippen LogP contribution >= 0.6 is 0 Å². The Labute approximate surface area is 373 Å². The largest absolute Gasteiger partial charge is 0.346 e. The van der Waals surface area contributed by atoms with Crippen molar-refractivity contribution in [3.8, 4) is 22.5 Å². The van der Waals surface area contributed by atoms with Crippen molar-refractivity contribution in [2.75, 3.05) is 0 Å². The Morgan fingerprint density at radius 2 is 0.969 bits per heavy atom. The van der Waals surface area contributed by atoms with E-state index in [0.29, 0.717) is 35.1 Å². The molecule has 8 aliphatic heterocycles. The smallest absolute Gasteiger partial charge is 0.201 e. The van der Waals surface area contributed by atoms with Gasteiger partial charge in [0, 0.05) is 36.5 Å². The number of aromatic nitrogens is 6. The first-order valence-corrected chi connectivity index (χ1v) is 23.6. The molecule has 10 fully saturated rings. The zero-order chi connectivity index (χ0) is 43.6. The van der Waals surface area contributed by atoms with E-state index in [9.17, 15) is 0 Å². The molecular weight excluding hydrogens is 821 g/mol. The molecular formula is C48H60N6O10. The fourth-order valence-corrected chi connectivity index (χ4v) is 13.1. The molecule has 14 rings (SSSR count). The molecule has 2 aliphatic carbocycles. The van der Waals surface area contributed by atoms with Gasteiger partial charge >= 0.3 is 0 Å². The maximum absolute atomic E-state index is 6.60. The van der Waals surface area contributed by atoms with Gasteiger partial charge < -0.3 is 28.4 Å². The fraction of sp³-hybridized carbons (Fsp3) is 0.667. The number of ether oxygens (including phenoxy) is 6. The summed E-state index contributed by atoms with van der Waals surface area (Å²) in [5.41, 5.74) is 4.13. The molecule has 0 radical (unpaired) electrons. The first-order chi connectivity index (χ1) is 30.9. The molecule has 16 atom stereocenters. The zero-order valence-electron chi connectivity index (χ0n) is 37.5. The van der Waals surface area contributed by atoms with Crippen molar-refractivity contribution in [1.82, 2.24) is 30.0 Å². The zero-order valence-corrected chi connectivity index (χ0v) is 37.5. The van der Waals surface area contributed by atoms with Gasteiger partial charge in [0.1, 0.15) is 11.4 Å². The average Bonchev–Trinajstić information content (AvgIpc) is 3.85. The molecule has 10 aliphatic rings. The molecule has 0 unspecified atom stereocenters. The Morgan fingerprint density at radius 1 is 0.547 bits per heavy atom. The third kappa shape index (κ3) is 6.61. The Kier molecular flexibility index (Phi) is 10.1. The first kappa shape index (κ1) is 41.7. The van der Waals surface area contributed by atoms with E-state index in [0.717, 1.165) is 73.9 Å². The van der Waals surface area contributed by atoms with Crippen molar-refractivity contribution in [3.05, 3.63) is 72.3 Å². The molecule has 2 saturated carbocycles. The fourth-order valence-electron chi connectivity index (χ4n) is 13.1. The highest BCUT2D eigenvalue weighted by Crippen LogP contribution is 2.62. The van der Waals surface area contributed by atoms with Crippen LogP contribution in [0, 0.1) is 47.3 Å². The van der Waals surface area contributed by atoms with Crippen LogP contribution in [0.3, 0.4) is 0 Å². The van der Waals surface area contributed by atoms with E-state index in [-0.39, 0.29) is 36.9 Å². The summed E-state index contributed by atoms with van der Waals surface area (Å²) in [6, 6.07) is 16.5. The SMILES string of the molecule is C[C@H]1[C@H](OCc2cn(-c3ccc(-c4ccc(-n5cc(CO[C@@H]6O[C@@H]7O[C@@]8(C)CC[C@H]9[C@H](C)CC[C@@H]([C@H]6C)[C@@]79OO8)nn5)cc4)cc3)nn2)O[C@@H]2O[C@@]3(C)CC[C@H]4[C@H](C)CC[C@@H]1[C@@]24OO3. The van der Waals surface area contributed by atoms with Gasteiger partial charge in [-0.2, -0.15) is 0 Å². The van der Waals surface area contributed by atoms with Crippen LogP contribution in [0.15, 0.2) is 60.9 Å². The number of nitrogens with zero attached hydrogens (tertiary/aromatic N) is 6. The van der Waals surface area contributed by atoms with Gasteiger partial charge in [0.15, 0.2) is 36.4 Å².